The summed E-state index contributed by atoms with van der Waals surface area (Å²) < 4.78 is 5.47. The van der Waals surface area contributed by atoms with Crippen LogP contribution in [0.1, 0.15) is 49.1 Å². The number of rotatable bonds is 7. The quantitative estimate of drug-likeness (QED) is 0.422. The van der Waals surface area contributed by atoms with Crippen molar-refractivity contribution < 1.29 is 24.2 Å². The fraction of sp³-hybridized carbons (Fsp3) is 0.370. The number of carbonyl (C=O) groups is 3. The Kier molecular flexibility index (Phi) is 7.62. The highest BCUT2D eigenvalue weighted by Gasteiger charge is 2.30. The lowest BCUT2D eigenvalue weighted by molar-refractivity contribution is -0.143. The van der Waals surface area contributed by atoms with Gasteiger partial charge in [0.15, 0.2) is 0 Å². The SMILES string of the molecule is O=C(/C=C/CNC(=O)OCC1c2ccccc2-c2ccccc21)NC1CCCCCC1C(=O)O. The highest BCUT2D eigenvalue weighted by Crippen LogP contribution is 2.44. The molecule has 7 heteroatoms. The Balaban J connectivity index is 1.24. The van der Waals surface area contributed by atoms with Crippen LogP contribution in [0.2, 0.25) is 0 Å². The summed E-state index contributed by atoms with van der Waals surface area (Å²) in [5, 5.41) is 14.9. The van der Waals surface area contributed by atoms with Crippen LogP contribution in [0.5, 0.6) is 0 Å². The van der Waals surface area contributed by atoms with E-state index < -0.39 is 18.0 Å². The molecule has 3 N–H and O–H groups in total. The van der Waals surface area contributed by atoms with Gasteiger partial charge in [-0.15, -0.1) is 0 Å². The highest BCUT2D eigenvalue weighted by molar-refractivity contribution is 5.88. The molecule has 2 amide bonds. The first-order valence-electron chi connectivity index (χ1n) is 11.8. The maximum absolute atomic E-state index is 12.2. The molecule has 2 aromatic rings. The molecule has 0 aliphatic heterocycles. The third-order valence-electron chi connectivity index (χ3n) is 6.64. The predicted octanol–water partition coefficient (Wildman–Crippen LogP) is 4.23. The lowest BCUT2D eigenvalue weighted by Gasteiger charge is -2.22. The fourth-order valence-electron chi connectivity index (χ4n) is 4.96. The fourth-order valence-corrected chi connectivity index (χ4v) is 4.96. The molecule has 7 nitrogen and oxygen atoms in total. The average Bonchev–Trinajstić information content (AvgIpc) is 2.97. The van der Waals surface area contributed by atoms with Crippen molar-refractivity contribution in [3.8, 4) is 11.1 Å². The van der Waals surface area contributed by atoms with E-state index in [1.165, 1.54) is 23.3 Å². The molecular formula is C27H30N2O5. The number of alkyl carbamates (subject to hydrolysis) is 1. The first-order valence-corrected chi connectivity index (χ1v) is 11.8. The maximum atomic E-state index is 12.2. The first kappa shape index (κ1) is 23.5. The number of carbonyl (C=O) groups excluding carboxylic acids is 2. The van der Waals surface area contributed by atoms with Crippen LogP contribution in [0.15, 0.2) is 60.7 Å². The van der Waals surface area contributed by atoms with Crippen molar-refractivity contribution in [2.45, 2.75) is 44.1 Å². The normalized spacial score (nSPS) is 19.6. The van der Waals surface area contributed by atoms with Crippen molar-refractivity contribution in [3.63, 3.8) is 0 Å². The molecule has 2 atom stereocenters. The minimum Gasteiger partial charge on any atom is -0.481 e. The number of nitrogens with one attached hydrogen (secondary N) is 2. The molecule has 0 heterocycles. The van der Waals surface area contributed by atoms with Gasteiger partial charge in [0.1, 0.15) is 6.61 Å². The minimum atomic E-state index is -0.867. The molecule has 2 aliphatic rings. The van der Waals surface area contributed by atoms with Gasteiger partial charge in [0.05, 0.1) is 5.92 Å². The van der Waals surface area contributed by atoms with Crippen LogP contribution in [0.3, 0.4) is 0 Å². The number of ether oxygens (including phenoxy) is 1. The number of hydrogen-bond donors (Lipinski definition) is 3. The maximum Gasteiger partial charge on any atom is 0.407 e. The summed E-state index contributed by atoms with van der Waals surface area (Å²) in [5.74, 6) is -1.79. The predicted molar refractivity (Wildman–Crippen MR) is 128 cm³/mol. The van der Waals surface area contributed by atoms with Crippen LogP contribution in [0, 0.1) is 5.92 Å². The van der Waals surface area contributed by atoms with Crippen LogP contribution in [0.25, 0.3) is 11.1 Å². The minimum absolute atomic E-state index is 0.0128. The Morgan fingerprint density at radius 2 is 1.59 bits per heavy atom. The zero-order chi connectivity index (χ0) is 23.9. The second kappa shape index (κ2) is 11.0. The second-order valence-corrected chi connectivity index (χ2v) is 8.81. The van der Waals surface area contributed by atoms with Crippen molar-refractivity contribution in [3.05, 3.63) is 71.8 Å². The van der Waals surface area contributed by atoms with Gasteiger partial charge in [0, 0.05) is 24.6 Å². The van der Waals surface area contributed by atoms with Gasteiger partial charge in [0.2, 0.25) is 5.91 Å². The summed E-state index contributed by atoms with van der Waals surface area (Å²) in [7, 11) is 0. The van der Waals surface area contributed by atoms with Crippen LogP contribution in [0.4, 0.5) is 4.79 Å². The Morgan fingerprint density at radius 1 is 0.941 bits per heavy atom. The van der Waals surface area contributed by atoms with Crippen molar-refractivity contribution >= 4 is 18.0 Å². The standard InChI is InChI=1S/C27H30N2O5/c30-25(29-24-14-3-1-2-13-22(24)26(31)32)15-8-16-28-27(33)34-17-23-20-11-6-4-9-18(20)19-10-5-7-12-21(19)23/h4-12,15,22-24H,1-3,13-14,16-17H2,(H,28,33)(H,29,30)(H,31,32)/b15-8+. The third kappa shape index (κ3) is 5.47. The van der Waals surface area contributed by atoms with Crippen molar-refractivity contribution in [2.75, 3.05) is 13.2 Å². The van der Waals surface area contributed by atoms with Gasteiger partial charge in [-0.3, -0.25) is 9.59 Å². The van der Waals surface area contributed by atoms with Crippen LogP contribution in [-0.2, 0) is 14.3 Å². The molecule has 0 bridgehead atoms. The monoisotopic (exact) mass is 462 g/mol. The summed E-state index contributed by atoms with van der Waals surface area (Å²) in [4.78, 5) is 35.9. The molecule has 2 aromatic carbocycles. The third-order valence-corrected chi connectivity index (χ3v) is 6.64. The van der Waals surface area contributed by atoms with E-state index in [4.69, 9.17) is 4.74 Å². The van der Waals surface area contributed by atoms with E-state index in [-0.39, 0.29) is 31.0 Å². The van der Waals surface area contributed by atoms with Gasteiger partial charge in [-0.1, -0.05) is 73.9 Å². The van der Waals surface area contributed by atoms with Crippen molar-refractivity contribution in [1.29, 1.82) is 0 Å². The van der Waals surface area contributed by atoms with Gasteiger partial charge in [-0.2, -0.15) is 0 Å². The van der Waals surface area contributed by atoms with Gasteiger partial charge in [0.25, 0.3) is 0 Å². The van der Waals surface area contributed by atoms with Crippen LogP contribution >= 0.6 is 0 Å². The topological polar surface area (TPSA) is 105 Å². The van der Waals surface area contributed by atoms with Crippen molar-refractivity contribution in [1.82, 2.24) is 10.6 Å². The van der Waals surface area contributed by atoms with E-state index in [0.29, 0.717) is 12.8 Å². The van der Waals surface area contributed by atoms with Gasteiger partial charge >= 0.3 is 12.1 Å². The number of fused-ring (bicyclic) bond motifs is 3. The van der Waals surface area contributed by atoms with Crippen LogP contribution < -0.4 is 10.6 Å². The molecule has 1 fully saturated rings. The number of carboxylic acid groups (broad SMARTS) is 1. The Bertz CT molecular complexity index is 1030. The second-order valence-electron chi connectivity index (χ2n) is 8.81. The van der Waals surface area contributed by atoms with Crippen molar-refractivity contribution in [2.24, 2.45) is 5.92 Å². The summed E-state index contributed by atoms with van der Waals surface area (Å²) in [6.45, 7) is 0.361. The lowest BCUT2D eigenvalue weighted by Crippen LogP contribution is -2.42. The largest absolute Gasteiger partial charge is 0.481 e. The molecule has 178 valence electrons. The number of carboxylic acids is 1. The molecule has 0 saturated heterocycles. The summed E-state index contributed by atoms with van der Waals surface area (Å²) in [6.07, 6.45) is 6.29. The van der Waals surface area contributed by atoms with E-state index in [1.54, 1.807) is 0 Å². The number of aliphatic carboxylic acids is 1. The summed E-state index contributed by atoms with van der Waals surface area (Å²) >= 11 is 0. The van der Waals surface area contributed by atoms with E-state index in [2.05, 4.69) is 34.9 Å². The molecule has 0 radical (unpaired) electrons. The molecule has 0 spiro atoms. The van der Waals surface area contributed by atoms with Gasteiger partial charge in [-0.05, 0) is 35.1 Å². The summed E-state index contributed by atoms with van der Waals surface area (Å²) in [6, 6.07) is 15.9. The van der Waals surface area contributed by atoms with E-state index in [1.807, 2.05) is 24.3 Å². The smallest absolute Gasteiger partial charge is 0.407 e. The molecule has 0 aromatic heterocycles. The van der Waals surface area contributed by atoms with E-state index >= 15 is 0 Å². The first-order chi connectivity index (χ1) is 16.5. The Morgan fingerprint density at radius 3 is 2.26 bits per heavy atom. The van der Waals surface area contributed by atoms with Crippen LogP contribution in [-0.4, -0.2) is 42.3 Å². The molecular weight excluding hydrogens is 432 g/mol. The Labute approximate surface area is 199 Å². The molecule has 4 rings (SSSR count). The average molecular weight is 463 g/mol. The van der Waals surface area contributed by atoms with Gasteiger partial charge in [-0.25, -0.2) is 4.79 Å². The Hall–Kier alpha value is -3.61. The van der Waals surface area contributed by atoms with E-state index in [0.717, 1.165) is 30.4 Å². The summed E-state index contributed by atoms with van der Waals surface area (Å²) in [5.41, 5.74) is 4.62. The lowest BCUT2D eigenvalue weighted by atomic mass is 9.95. The molecule has 2 aliphatic carbocycles. The molecule has 2 unspecified atom stereocenters. The number of hydrogen-bond acceptors (Lipinski definition) is 4. The zero-order valence-corrected chi connectivity index (χ0v) is 19.0. The molecule has 1 saturated carbocycles. The zero-order valence-electron chi connectivity index (χ0n) is 19.0. The molecule has 34 heavy (non-hydrogen) atoms. The number of amides is 2. The van der Waals surface area contributed by atoms with Gasteiger partial charge < -0.3 is 20.5 Å². The number of benzene rings is 2. The highest BCUT2D eigenvalue weighted by atomic mass is 16.5. The van der Waals surface area contributed by atoms with E-state index in [9.17, 15) is 19.5 Å².